The van der Waals surface area contributed by atoms with Gasteiger partial charge in [-0.05, 0) is 92.9 Å². The first kappa shape index (κ1) is 34.7. The largest absolute Gasteiger partial charge is 0.494 e. The number of ether oxygens (including phenoxy) is 1. The van der Waals surface area contributed by atoms with Crippen LogP contribution in [0.4, 0.5) is 5.69 Å². The van der Waals surface area contributed by atoms with E-state index in [1.165, 1.54) is 17.0 Å². The Labute approximate surface area is 280 Å². The molecule has 10 heteroatoms. The number of carbonyl (C=O) groups excluding carboxylic acids is 2. The van der Waals surface area contributed by atoms with Crippen LogP contribution >= 0.6 is 15.9 Å². The highest BCUT2D eigenvalue weighted by atomic mass is 79.9. The lowest BCUT2D eigenvalue weighted by molar-refractivity contribution is -0.140. The lowest BCUT2D eigenvalue weighted by Crippen LogP contribution is -2.54. The van der Waals surface area contributed by atoms with Gasteiger partial charge in [-0.3, -0.25) is 13.9 Å². The van der Waals surface area contributed by atoms with E-state index in [0.29, 0.717) is 18.0 Å². The fourth-order valence-corrected chi connectivity index (χ4v) is 6.72. The molecule has 0 fully saturated rings. The fraction of sp³-hybridized carbons (Fsp3) is 0.278. The number of amides is 2. The molecule has 0 saturated heterocycles. The minimum atomic E-state index is -4.21. The van der Waals surface area contributed by atoms with E-state index < -0.39 is 28.5 Å². The van der Waals surface area contributed by atoms with E-state index >= 15 is 0 Å². The molecule has 0 aliphatic carbocycles. The molecule has 0 radical (unpaired) electrons. The van der Waals surface area contributed by atoms with E-state index in [0.717, 1.165) is 25.5 Å². The number of anilines is 1. The average Bonchev–Trinajstić information content (AvgIpc) is 3.03. The monoisotopic (exact) mass is 705 g/mol. The van der Waals surface area contributed by atoms with Gasteiger partial charge in [0.1, 0.15) is 18.3 Å². The first-order valence-electron chi connectivity index (χ1n) is 15.2. The van der Waals surface area contributed by atoms with Crippen LogP contribution in [-0.4, -0.2) is 50.4 Å². The number of benzene rings is 4. The summed E-state index contributed by atoms with van der Waals surface area (Å²) in [6.45, 7) is 7.58. The zero-order valence-corrected chi connectivity index (χ0v) is 28.9. The summed E-state index contributed by atoms with van der Waals surface area (Å²) in [6, 6.07) is 28.9. The lowest BCUT2D eigenvalue weighted by Gasteiger charge is -2.34. The molecule has 0 aliphatic heterocycles. The van der Waals surface area contributed by atoms with Gasteiger partial charge in [-0.15, -0.1) is 0 Å². The van der Waals surface area contributed by atoms with Gasteiger partial charge in [-0.2, -0.15) is 0 Å². The summed E-state index contributed by atoms with van der Waals surface area (Å²) in [5.41, 5.74) is 2.98. The number of carbonyl (C=O) groups is 2. The van der Waals surface area contributed by atoms with Crippen molar-refractivity contribution in [3.05, 3.63) is 124 Å². The van der Waals surface area contributed by atoms with E-state index in [1.807, 2.05) is 82.3 Å². The van der Waals surface area contributed by atoms with Crippen molar-refractivity contribution in [2.24, 2.45) is 0 Å². The molecule has 0 aromatic heterocycles. The summed E-state index contributed by atoms with van der Waals surface area (Å²) in [4.78, 5) is 29.9. The Morgan fingerprint density at radius 2 is 1.50 bits per heavy atom. The molecule has 1 N–H and O–H groups in total. The Bertz CT molecular complexity index is 1710. The first-order valence-corrected chi connectivity index (χ1v) is 17.4. The SMILES string of the molecule is CCOc1ccc(N(CC(=O)N(Cc2ccccc2C)[C@H](Cc2ccccc2)C(=O)NC(C)C)S(=O)(=O)c2ccc(Br)cc2)cc1. The van der Waals surface area contributed by atoms with Crippen molar-refractivity contribution in [3.63, 3.8) is 0 Å². The number of nitrogens with zero attached hydrogens (tertiary/aromatic N) is 2. The van der Waals surface area contributed by atoms with Crippen molar-refractivity contribution in [1.82, 2.24) is 10.2 Å². The molecular weight excluding hydrogens is 666 g/mol. The third-order valence-electron chi connectivity index (χ3n) is 7.42. The molecule has 1 atom stereocenters. The number of halogens is 1. The quantitative estimate of drug-likeness (QED) is 0.161. The highest BCUT2D eigenvalue weighted by molar-refractivity contribution is 9.10. The summed E-state index contributed by atoms with van der Waals surface area (Å²) in [5.74, 6) is -0.255. The Balaban J connectivity index is 1.81. The highest BCUT2D eigenvalue weighted by Crippen LogP contribution is 2.28. The van der Waals surface area contributed by atoms with Gasteiger partial charge in [0.05, 0.1) is 17.2 Å². The molecule has 0 aliphatic rings. The van der Waals surface area contributed by atoms with Gasteiger partial charge in [0.15, 0.2) is 0 Å². The van der Waals surface area contributed by atoms with Crippen molar-refractivity contribution < 1.29 is 22.7 Å². The molecule has 242 valence electrons. The van der Waals surface area contributed by atoms with Gasteiger partial charge >= 0.3 is 0 Å². The maximum atomic E-state index is 14.6. The van der Waals surface area contributed by atoms with Crippen LogP contribution in [-0.2, 0) is 32.6 Å². The maximum Gasteiger partial charge on any atom is 0.264 e. The van der Waals surface area contributed by atoms with Gasteiger partial charge < -0.3 is 15.0 Å². The van der Waals surface area contributed by atoms with Crippen LogP contribution in [0.5, 0.6) is 5.75 Å². The lowest BCUT2D eigenvalue weighted by atomic mass is 10.0. The molecule has 4 aromatic carbocycles. The van der Waals surface area contributed by atoms with Crippen LogP contribution in [0.3, 0.4) is 0 Å². The molecule has 0 bridgehead atoms. The van der Waals surface area contributed by atoms with Crippen molar-refractivity contribution in [3.8, 4) is 5.75 Å². The van der Waals surface area contributed by atoms with E-state index in [-0.39, 0.29) is 29.8 Å². The molecule has 0 unspecified atom stereocenters. The molecule has 4 aromatic rings. The summed E-state index contributed by atoms with van der Waals surface area (Å²) >= 11 is 3.37. The molecule has 4 rings (SSSR count). The van der Waals surface area contributed by atoms with E-state index in [9.17, 15) is 18.0 Å². The zero-order valence-electron chi connectivity index (χ0n) is 26.5. The normalized spacial score (nSPS) is 12.0. The molecule has 0 saturated carbocycles. The van der Waals surface area contributed by atoms with Crippen LogP contribution in [0.25, 0.3) is 0 Å². The molecule has 8 nitrogen and oxygen atoms in total. The molecular formula is C36H40BrN3O5S. The zero-order chi connectivity index (χ0) is 33.3. The predicted molar refractivity (Wildman–Crippen MR) is 185 cm³/mol. The molecule has 0 heterocycles. The Hall–Kier alpha value is -4.15. The average molecular weight is 707 g/mol. The van der Waals surface area contributed by atoms with Gasteiger partial charge in [0, 0.05) is 23.5 Å². The van der Waals surface area contributed by atoms with E-state index in [1.54, 1.807) is 36.4 Å². The van der Waals surface area contributed by atoms with Crippen molar-refractivity contribution in [1.29, 1.82) is 0 Å². The van der Waals surface area contributed by atoms with Crippen molar-refractivity contribution in [2.45, 2.75) is 57.6 Å². The maximum absolute atomic E-state index is 14.6. The van der Waals surface area contributed by atoms with Gasteiger partial charge in [-0.25, -0.2) is 8.42 Å². The number of hydrogen-bond acceptors (Lipinski definition) is 5. The van der Waals surface area contributed by atoms with Crippen LogP contribution < -0.4 is 14.4 Å². The number of hydrogen-bond donors (Lipinski definition) is 1. The summed E-state index contributed by atoms with van der Waals surface area (Å²) in [5, 5.41) is 2.98. The number of nitrogens with one attached hydrogen (secondary N) is 1. The number of rotatable bonds is 14. The molecule has 2 amide bonds. The number of aryl methyl sites for hydroxylation is 1. The fourth-order valence-electron chi connectivity index (χ4n) is 5.04. The minimum absolute atomic E-state index is 0.0289. The second kappa shape index (κ2) is 15.9. The van der Waals surface area contributed by atoms with Crippen LogP contribution in [0.15, 0.2) is 112 Å². The first-order chi connectivity index (χ1) is 22.0. The van der Waals surface area contributed by atoms with E-state index in [4.69, 9.17) is 4.74 Å². The van der Waals surface area contributed by atoms with Crippen LogP contribution in [0, 0.1) is 6.92 Å². The second-order valence-electron chi connectivity index (χ2n) is 11.2. The third kappa shape index (κ3) is 8.98. The van der Waals surface area contributed by atoms with Crippen LogP contribution in [0.1, 0.15) is 37.5 Å². The van der Waals surface area contributed by atoms with Crippen molar-refractivity contribution in [2.75, 3.05) is 17.5 Å². The van der Waals surface area contributed by atoms with E-state index in [2.05, 4.69) is 21.2 Å². The molecule has 0 spiro atoms. The Morgan fingerprint density at radius 3 is 2.11 bits per heavy atom. The minimum Gasteiger partial charge on any atom is -0.494 e. The smallest absolute Gasteiger partial charge is 0.264 e. The standard InChI is InChI=1S/C36H40BrN3O5S/c1-5-45-32-19-17-31(18-20-32)40(46(43,44)33-21-15-30(37)16-22-33)25-35(41)39(24-29-14-10-9-11-27(29)4)34(36(42)38-26(2)3)23-28-12-7-6-8-13-28/h6-22,26,34H,5,23-25H2,1-4H3,(H,38,42)/t34-/m1/s1. The van der Waals surface area contributed by atoms with Gasteiger partial charge in [0.2, 0.25) is 11.8 Å². The highest BCUT2D eigenvalue weighted by Gasteiger charge is 2.35. The Kier molecular flexibility index (Phi) is 12.0. The van der Waals surface area contributed by atoms with Gasteiger partial charge in [0.25, 0.3) is 10.0 Å². The Morgan fingerprint density at radius 1 is 0.870 bits per heavy atom. The number of sulfonamides is 1. The van der Waals surface area contributed by atoms with Crippen molar-refractivity contribution >= 4 is 43.5 Å². The molecule has 46 heavy (non-hydrogen) atoms. The summed E-state index contributed by atoms with van der Waals surface area (Å²) in [7, 11) is -4.21. The third-order valence-corrected chi connectivity index (χ3v) is 9.74. The summed E-state index contributed by atoms with van der Waals surface area (Å²) < 4.78 is 35.8. The topological polar surface area (TPSA) is 96.0 Å². The van der Waals surface area contributed by atoms with Gasteiger partial charge in [-0.1, -0.05) is 70.5 Å². The van der Waals surface area contributed by atoms with Crippen LogP contribution in [0.2, 0.25) is 0 Å². The second-order valence-corrected chi connectivity index (χ2v) is 14.0. The summed E-state index contributed by atoms with van der Waals surface area (Å²) in [6.07, 6.45) is 0.250. The predicted octanol–water partition coefficient (Wildman–Crippen LogP) is 6.52.